The van der Waals surface area contributed by atoms with E-state index in [1.165, 1.54) is 0 Å². The van der Waals surface area contributed by atoms with Crippen molar-refractivity contribution in [3.8, 4) is 0 Å². The van der Waals surface area contributed by atoms with Crippen LogP contribution in [-0.2, 0) is 9.53 Å². The number of rotatable bonds is 5. The van der Waals surface area contributed by atoms with Crippen molar-refractivity contribution in [3.05, 3.63) is 0 Å². The third-order valence-electron chi connectivity index (χ3n) is 1.03. The SMILES string of the molecule is NC(=O)OCCNC(=O)NCC(=O)O. The number of carbonyl (C=O) groups excluding carboxylic acids is 2. The Kier molecular flexibility index (Phi) is 5.59. The number of carboxylic acids is 1. The van der Waals surface area contributed by atoms with Crippen molar-refractivity contribution in [1.82, 2.24) is 10.6 Å². The Labute approximate surface area is 79.4 Å². The average molecular weight is 205 g/mol. The second-order valence-electron chi connectivity index (χ2n) is 2.17. The van der Waals surface area contributed by atoms with Crippen LogP contribution in [0, 0.1) is 0 Å². The van der Waals surface area contributed by atoms with Gasteiger partial charge in [0.2, 0.25) is 0 Å². The van der Waals surface area contributed by atoms with Gasteiger partial charge in [0.15, 0.2) is 0 Å². The molecule has 3 amide bonds. The summed E-state index contributed by atoms with van der Waals surface area (Å²) in [6.45, 7) is -0.466. The maximum atomic E-state index is 10.7. The van der Waals surface area contributed by atoms with Crippen LogP contribution < -0.4 is 16.4 Å². The number of ether oxygens (including phenoxy) is 1. The zero-order valence-corrected chi connectivity index (χ0v) is 7.28. The number of amides is 3. The second-order valence-corrected chi connectivity index (χ2v) is 2.17. The van der Waals surface area contributed by atoms with Gasteiger partial charge in [0, 0.05) is 0 Å². The molecule has 0 aromatic carbocycles. The van der Waals surface area contributed by atoms with Crippen LogP contribution >= 0.6 is 0 Å². The summed E-state index contributed by atoms with van der Waals surface area (Å²) in [7, 11) is 0. The summed E-state index contributed by atoms with van der Waals surface area (Å²) in [5.41, 5.74) is 4.64. The summed E-state index contributed by atoms with van der Waals surface area (Å²) in [6, 6.07) is -0.652. The van der Waals surface area contributed by atoms with Crippen molar-refractivity contribution in [3.63, 3.8) is 0 Å². The van der Waals surface area contributed by atoms with E-state index in [0.717, 1.165) is 0 Å². The Morgan fingerprint density at radius 3 is 2.43 bits per heavy atom. The molecule has 0 saturated carbocycles. The van der Waals surface area contributed by atoms with Crippen LogP contribution in [0.25, 0.3) is 0 Å². The van der Waals surface area contributed by atoms with Gasteiger partial charge in [-0.2, -0.15) is 0 Å². The highest BCUT2D eigenvalue weighted by atomic mass is 16.5. The fourth-order valence-electron chi connectivity index (χ4n) is 0.535. The number of hydrogen-bond acceptors (Lipinski definition) is 4. The Bertz CT molecular complexity index is 230. The highest BCUT2D eigenvalue weighted by Crippen LogP contribution is 1.72. The van der Waals surface area contributed by atoms with E-state index < -0.39 is 24.6 Å². The summed E-state index contributed by atoms with van der Waals surface area (Å²) >= 11 is 0. The van der Waals surface area contributed by atoms with Gasteiger partial charge >= 0.3 is 18.1 Å². The van der Waals surface area contributed by atoms with E-state index in [0.29, 0.717) is 0 Å². The molecule has 0 aliphatic heterocycles. The average Bonchev–Trinajstić information content (AvgIpc) is 2.08. The Hall–Kier alpha value is -1.99. The normalized spacial score (nSPS) is 8.86. The molecule has 5 N–H and O–H groups in total. The molecule has 0 radical (unpaired) electrons. The molecule has 0 aromatic heterocycles. The molecule has 0 aromatic rings. The van der Waals surface area contributed by atoms with E-state index >= 15 is 0 Å². The van der Waals surface area contributed by atoms with Gasteiger partial charge in [0.1, 0.15) is 13.2 Å². The molecular weight excluding hydrogens is 194 g/mol. The van der Waals surface area contributed by atoms with E-state index in [1.54, 1.807) is 0 Å². The van der Waals surface area contributed by atoms with E-state index in [2.05, 4.69) is 15.8 Å². The molecular formula is C6H11N3O5. The van der Waals surface area contributed by atoms with Crippen molar-refractivity contribution in [1.29, 1.82) is 0 Å². The predicted octanol–water partition coefficient (Wildman–Crippen LogP) is -1.53. The number of nitrogens with one attached hydrogen (secondary N) is 2. The second kappa shape index (κ2) is 6.52. The highest BCUT2D eigenvalue weighted by molar-refractivity contribution is 5.79. The lowest BCUT2D eigenvalue weighted by Crippen LogP contribution is -2.40. The number of nitrogens with two attached hydrogens (primary N) is 1. The van der Waals surface area contributed by atoms with Gasteiger partial charge in [0.05, 0.1) is 6.54 Å². The van der Waals surface area contributed by atoms with E-state index in [1.807, 2.05) is 5.32 Å². The standard InChI is InChI=1S/C6H11N3O5/c7-5(12)14-2-1-8-6(13)9-3-4(10)11/h1-3H2,(H2,7,12)(H,10,11)(H2,8,9,13). The van der Waals surface area contributed by atoms with Gasteiger partial charge < -0.3 is 26.2 Å². The van der Waals surface area contributed by atoms with Crippen molar-refractivity contribution in [2.45, 2.75) is 0 Å². The first-order chi connectivity index (χ1) is 6.52. The zero-order valence-electron chi connectivity index (χ0n) is 7.28. The van der Waals surface area contributed by atoms with Crippen molar-refractivity contribution in [2.24, 2.45) is 5.73 Å². The van der Waals surface area contributed by atoms with Crippen molar-refractivity contribution < 1.29 is 24.2 Å². The lowest BCUT2D eigenvalue weighted by molar-refractivity contribution is -0.135. The molecule has 0 aliphatic carbocycles. The fourth-order valence-corrected chi connectivity index (χ4v) is 0.535. The van der Waals surface area contributed by atoms with Crippen LogP contribution in [0.4, 0.5) is 9.59 Å². The number of carboxylic acid groups (broad SMARTS) is 1. The number of urea groups is 1. The lowest BCUT2D eigenvalue weighted by Gasteiger charge is -2.05. The van der Waals surface area contributed by atoms with Gasteiger partial charge in [-0.05, 0) is 0 Å². The number of primary amides is 1. The maximum absolute atomic E-state index is 10.7. The third-order valence-corrected chi connectivity index (χ3v) is 1.03. The molecule has 8 nitrogen and oxygen atoms in total. The summed E-state index contributed by atoms with van der Waals surface area (Å²) in [4.78, 5) is 30.8. The molecule has 80 valence electrons. The van der Waals surface area contributed by atoms with Gasteiger partial charge in [-0.1, -0.05) is 0 Å². The maximum Gasteiger partial charge on any atom is 0.404 e. The van der Waals surface area contributed by atoms with E-state index in [4.69, 9.17) is 5.11 Å². The Morgan fingerprint density at radius 2 is 1.93 bits per heavy atom. The van der Waals surface area contributed by atoms with Crippen LogP contribution in [-0.4, -0.2) is 42.9 Å². The number of aliphatic carboxylic acids is 1. The summed E-state index contributed by atoms with van der Waals surface area (Å²) in [5.74, 6) is -1.14. The molecule has 0 saturated heterocycles. The minimum Gasteiger partial charge on any atom is -0.480 e. The zero-order chi connectivity index (χ0) is 11.0. The molecule has 0 fully saturated rings. The highest BCUT2D eigenvalue weighted by Gasteiger charge is 2.02. The first-order valence-corrected chi connectivity index (χ1v) is 3.68. The molecule has 0 heterocycles. The van der Waals surface area contributed by atoms with Gasteiger partial charge in [-0.15, -0.1) is 0 Å². The molecule has 0 atom stereocenters. The van der Waals surface area contributed by atoms with Crippen molar-refractivity contribution >= 4 is 18.1 Å². The van der Waals surface area contributed by atoms with Crippen LogP contribution in [0.5, 0.6) is 0 Å². The minimum absolute atomic E-state index is 0.0597. The van der Waals surface area contributed by atoms with Gasteiger partial charge in [-0.25, -0.2) is 9.59 Å². The van der Waals surface area contributed by atoms with Crippen molar-refractivity contribution in [2.75, 3.05) is 19.7 Å². The van der Waals surface area contributed by atoms with Gasteiger partial charge in [0.25, 0.3) is 0 Å². The minimum atomic E-state index is -1.14. The smallest absolute Gasteiger partial charge is 0.404 e. The molecule has 0 rings (SSSR count). The number of carbonyl (C=O) groups is 3. The molecule has 8 heteroatoms. The van der Waals surface area contributed by atoms with E-state index in [9.17, 15) is 14.4 Å². The molecule has 14 heavy (non-hydrogen) atoms. The monoisotopic (exact) mass is 205 g/mol. The topological polar surface area (TPSA) is 131 Å². The lowest BCUT2D eigenvalue weighted by atomic mass is 10.6. The quantitative estimate of drug-likeness (QED) is 0.404. The molecule has 0 spiro atoms. The Balaban J connectivity index is 3.36. The largest absolute Gasteiger partial charge is 0.480 e. The molecule has 0 bridgehead atoms. The summed E-state index contributed by atoms with van der Waals surface area (Å²) in [6.07, 6.45) is -0.933. The van der Waals surface area contributed by atoms with Crippen LogP contribution in [0.1, 0.15) is 0 Å². The van der Waals surface area contributed by atoms with Crippen LogP contribution in [0.15, 0.2) is 0 Å². The molecule has 0 aliphatic rings. The fraction of sp³-hybridized carbons (Fsp3) is 0.500. The van der Waals surface area contributed by atoms with E-state index in [-0.39, 0.29) is 13.2 Å². The number of hydrogen-bond donors (Lipinski definition) is 4. The van der Waals surface area contributed by atoms with Gasteiger partial charge in [-0.3, -0.25) is 4.79 Å². The first kappa shape index (κ1) is 12.0. The summed E-state index contributed by atoms with van der Waals surface area (Å²) < 4.78 is 4.30. The Morgan fingerprint density at radius 1 is 1.29 bits per heavy atom. The predicted molar refractivity (Wildman–Crippen MR) is 44.6 cm³/mol. The van der Waals surface area contributed by atoms with Crippen LogP contribution in [0.3, 0.4) is 0 Å². The van der Waals surface area contributed by atoms with Crippen LogP contribution in [0.2, 0.25) is 0 Å². The summed E-state index contributed by atoms with van der Waals surface area (Å²) in [5, 5.41) is 12.5. The third kappa shape index (κ3) is 8.11. The molecule has 0 unspecified atom stereocenters. The first-order valence-electron chi connectivity index (χ1n) is 3.68.